The fraction of sp³-hybridized carbons (Fsp3) is 0.278. The first-order chi connectivity index (χ1) is 10.3. The van der Waals surface area contributed by atoms with Gasteiger partial charge in [0.1, 0.15) is 19.0 Å². The maximum atomic E-state index is 11.4. The summed E-state index contributed by atoms with van der Waals surface area (Å²) in [5.74, 6) is 0.864. The predicted molar refractivity (Wildman–Crippen MR) is 81.1 cm³/mol. The molecule has 1 aliphatic rings. The van der Waals surface area contributed by atoms with Gasteiger partial charge in [0.25, 0.3) is 0 Å². The molecule has 21 heavy (non-hydrogen) atoms. The molecule has 0 amide bonds. The van der Waals surface area contributed by atoms with Crippen molar-refractivity contribution in [2.75, 3.05) is 13.2 Å². The van der Waals surface area contributed by atoms with E-state index >= 15 is 0 Å². The van der Waals surface area contributed by atoms with Crippen molar-refractivity contribution in [3.05, 3.63) is 54.6 Å². The van der Waals surface area contributed by atoms with Crippen molar-refractivity contribution in [3.8, 4) is 16.9 Å². The lowest BCUT2D eigenvalue weighted by Gasteiger charge is -2.11. The average molecular weight is 282 g/mol. The van der Waals surface area contributed by atoms with Gasteiger partial charge in [0, 0.05) is 5.56 Å². The van der Waals surface area contributed by atoms with Crippen LogP contribution in [-0.2, 0) is 9.53 Å². The van der Waals surface area contributed by atoms with E-state index in [1.165, 1.54) is 0 Å². The Balaban J connectivity index is 1.59. The van der Waals surface area contributed by atoms with Crippen molar-refractivity contribution < 1.29 is 14.3 Å². The Morgan fingerprint density at radius 2 is 1.67 bits per heavy atom. The van der Waals surface area contributed by atoms with E-state index < -0.39 is 0 Å². The quantitative estimate of drug-likeness (QED) is 0.599. The molecule has 0 spiro atoms. The molecule has 0 aromatic heterocycles. The summed E-state index contributed by atoms with van der Waals surface area (Å²) in [6, 6.07) is 18.0. The number of ether oxygens (including phenoxy) is 2. The second-order valence-electron chi connectivity index (χ2n) is 5.15. The van der Waals surface area contributed by atoms with Gasteiger partial charge in [-0.25, -0.2) is 0 Å². The molecule has 3 heteroatoms. The molecule has 1 fully saturated rings. The highest BCUT2D eigenvalue weighted by atomic mass is 16.6. The molecule has 1 aliphatic carbocycles. The van der Waals surface area contributed by atoms with E-state index in [2.05, 4.69) is 12.1 Å². The van der Waals surface area contributed by atoms with Gasteiger partial charge in [0.2, 0.25) is 0 Å². The van der Waals surface area contributed by atoms with Gasteiger partial charge in [-0.2, -0.15) is 0 Å². The molecule has 0 saturated heterocycles. The summed E-state index contributed by atoms with van der Waals surface area (Å²) in [6.45, 7) is 0.681. The second kappa shape index (κ2) is 6.44. The predicted octanol–water partition coefficient (Wildman–Crippen LogP) is 3.69. The van der Waals surface area contributed by atoms with Crippen LogP contribution >= 0.6 is 0 Å². The molecule has 0 heterocycles. The van der Waals surface area contributed by atoms with Gasteiger partial charge in [-0.15, -0.1) is 0 Å². The van der Waals surface area contributed by atoms with Gasteiger partial charge < -0.3 is 9.47 Å². The van der Waals surface area contributed by atoms with E-state index in [-0.39, 0.29) is 11.9 Å². The Kier molecular flexibility index (Phi) is 4.20. The molecule has 0 unspecified atom stereocenters. The summed E-state index contributed by atoms with van der Waals surface area (Å²) in [5, 5.41) is 0. The van der Waals surface area contributed by atoms with Crippen LogP contribution in [0.2, 0.25) is 0 Å². The van der Waals surface area contributed by atoms with Crippen molar-refractivity contribution in [1.82, 2.24) is 0 Å². The topological polar surface area (TPSA) is 35.5 Å². The summed E-state index contributed by atoms with van der Waals surface area (Å²) in [7, 11) is 0. The molecule has 0 bridgehead atoms. The summed E-state index contributed by atoms with van der Waals surface area (Å²) in [6.07, 6.45) is 1.94. The van der Waals surface area contributed by atoms with Gasteiger partial charge in [0.15, 0.2) is 0 Å². The molecule has 0 N–H and O–H groups in total. The number of carbonyl (C=O) groups is 1. The highest BCUT2D eigenvalue weighted by Gasteiger charge is 2.31. The molecule has 3 nitrogen and oxygen atoms in total. The van der Waals surface area contributed by atoms with Crippen LogP contribution in [0.4, 0.5) is 0 Å². The number of para-hydroxylation sites is 1. The minimum Gasteiger partial charge on any atom is -0.489 e. The maximum Gasteiger partial charge on any atom is 0.309 e. The van der Waals surface area contributed by atoms with Crippen molar-refractivity contribution in [3.63, 3.8) is 0 Å². The number of carbonyl (C=O) groups excluding carboxylic acids is 1. The first-order valence-corrected chi connectivity index (χ1v) is 7.28. The molecular formula is C18H18O3. The standard InChI is InChI=1S/C18H18O3/c19-18(15-10-11-15)21-13-12-20-17-9-5-4-8-16(17)14-6-2-1-3-7-14/h1-9,15H,10-13H2. The highest BCUT2D eigenvalue weighted by molar-refractivity contribution is 5.74. The summed E-state index contributed by atoms with van der Waals surface area (Å²) in [4.78, 5) is 11.4. The van der Waals surface area contributed by atoms with E-state index in [4.69, 9.17) is 9.47 Å². The SMILES string of the molecule is O=C(OCCOc1ccccc1-c1ccccc1)C1CC1. The molecule has 2 aromatic rings. The van der Waals surface area contributed by atoms with Gasteiger partial charge in [-0.3, -0.25) is 4.79 Å². The molecule has 0 aliphatic heterocycles. The zero-order chi connectivity index (χ0) is 14.5. The third-order valence-electron chi connectivity index (χ3n) is 3.47. The third kappa shape index (κ3) is 3.63. The largest absolute Gasteiger partial charge is 0.489 e. The number of hydrogen-bond donors (Lipinski definition) is 0. The van der Waals surface area contributed by atoms with Gasteiger partial charge in [-0.1, -0.05) is 48.5 Å². The van der Waals surface area contributed by atoms with Gasteiger partial charge in [0.05, 0.1) is 5.92 Å². The Morgan fingerprint density at radius 1 is 0.952 bits per heavy atom. The van der Waals surface area contributed by atoms with Crippen LogP contribution < -0.4 is 4.74 Å². The van der Waals surface area contributed by atoms with Crippen molar-refractivity contribution in [2.45, 2.75) is 12.8 Å². The summed E-state index contributed by atoms with van der Waals surface area (Å²) >= 11 is 0. The lowest BCUT2D eigenvalue weighted by molar-refractivity contribution is -0.145. The van der Waals surface area contributed by atoms with Crippen LogP contribution in [0, 0.1) is 5.92 Å². The number of hydrogen-bond acceptors (Lipinski definition) is 3. The molecule has 0 radical (unpaired) electrons. The van der Waals surface area contributed by atoms with Gasteiger partial charge >= 0.3 is 5.97 Å². The van der Waals surface area contributed by atoms with Crippen molar-refractivity contribution >= 4 is 5.97 Å². The minimum atomic E-state index is -0.0880. The van der Waals surface area contributed by atoms with Crippen LogP contribution in [0.3, 0.4) is 0 Å². The zero-order valence-corrected chi connectivity index (χ0v) is 11.8. The second-order valence-corrected chi connectivity index (χ2v) is 5.15. The molecule has 1 saturated carbocycles. The Bertz CT molecular complexity index is 603. The van der Waals surface area contributed by atoms with E-state index in [9.17, 15) is 4.79 Å². The minimum absolute atomic E-state index is 0.0880. The fourth-order valence-electron chi connectivity index (χ4n) is 2.18. The first-order valence-electron chi connectivity index (χ1n) is 7.28. The molecular weight excluding hydrogens is 264 g/mol. The van der Waals surface area contributed by atoms with E-state index in [0.29, 0.717) is 13.2 Å². The number of rotatable bonds is 6. The van der Waals surface area contributed by atoms with Crippen molar-refractivity contribution in [2.24, 2.45) is 5.92 Å². The van der Waals surface area contributed by atoms with Crippen LogP contribution in [0.15, 0.2) is 54.6 Å². The van der Waals surface area contributed by atoms with E-state index in [1.54, 1.807) is 0 Å². The molecule has 108 valence electrons. The third-order valence-corrected chi connectivity index (χ3v) is 3.47. The average Bonchev–Trinajstić information content (AvgIpc) is 3.37. The lowest BCUT2D eigenvalue weighted by atomic mass is 10.1. The molecule has 0 atom stereocenters. The smallest absolute Gasteiger partial charge is 0.309 e. The first kappa shape index (κ1) is 13.7. The van der Waals surface area contributed by atoms with Crippen LogP contribution in [-0.4, -0.2) is 19.2 Å². The fourth-order valence-corrected chi connectivity index (χ4v) is 2.18. The van der Waals surface area contributed by atoms with Crippen molar-refractivity contribution in [1.29, 1.82) is 0 Å². The monoisotopic (exact) mass is 282 g/mol. The Labute approximate surface area is 124 Å². The Morgan fingerprint density at radius 3 is 2.43 bits per heavy atom. The maximum absolute atomic E-state index is 11.4. The van der Waals surface area contributed by atoms with E-state index in [1.807, 2.05) is 42.5 Å². The molecule has 3 rings (SSSR count). The summed E-state index contributed by atoms with van der Waals surface area (Å²) in [5.41, 5.74) is 2.16. The van der Waals surface area contributed by atoms with Crippen LogP contribution in [0.1, 0.15) is 12.8 Å². The van der Waals surface area contributed by atoms with Crippen LogP contribution in [0.25, 0.3) is 11.1 Å². The number of benzene rings is 2. The highest BCUT2D eigenvalue weighted by Crippen LogP contribution is 2.30. The molecule has 2 aromatic carbocycles. The Hall–Kier alpha value is -2.29. The lowest BCUT2D eigenvalue weighted by Crippen LogP contribution is -2.13. The number of esters is 1. The normalized spacial score (nSPS) is 13.7. The van der Waals surface area contributed by atoms with Crippen LogP contribution in [0.5, 0.6) is 5.75 Å². The summed E-state index contributed by atoms with van der Waals surface area (Å²) < 4.78 is 10.9. The zero-order valence-electron chi connectivity index (χ0n) is 11.8. The van der Waals surface area contributed by atoms with Gasteiger partial charge in [-0.05, 0) is 24.5 Å². The van der Waals surface area contributed by atoms with E-state index in [0.717, 1.165) is 29.7 Å².